The molecule has 0 radical (unpaired) electrons. The molecule has 0 unspecified atom stereocenters. The lowest BCUT2D eigenvalue weighted by molar-refractivity contribution is 0.417. The summed E-state index contributed by atoms with van der Waals surface area (Å²) in [6.07, 6.45) is 1.82. The minimum atomic E-state index is 0.572. The minimum Gasteiger partial charge on any atom is -0.495 e. The summed E-state index contributed by atoms with van der Waals surface area (Å²) in [4.78, 5) is 0. The second-order valence-corrected chi connectivity index (χ2v) is 3.68. The van der Waals surface area contributed by atoms with Gasteiger partial charge in [0.2, 0.25) is 0 Å². The maximum absolute atomic E-state index is 5.86. The van der Waals surface area contributed by atoms with Gasteiger partial charge in [-0.2, -0.15) is 4.68 Å². The molecule has 0 aliphatic rings. The number of aromatic nitrogens is 4. The number of hydrogen-bond donors (Lipinski definition) is 1. The van der Waals surface area contributed by atoms with Crippen molar-refractivity contribution < 1.29 is 4.74 Å². The van der Waals surface area contributed by atoms with Gasteiger partial charge in [-0.3, -0.25) is 0 Å². The molecular weight excluding hydrogens is 218 g/mol. The van der Waals surface area contributed by atoms with Crippen LogP contribution < -0.4 is 10.5 Å². The molecule has 6 nitrogen and oxygen atoms in total. The van der Waals surface area contributed by atoms with E-state index >= 15 is 0 Å². The summed E-state index contributed by atoms with van der Waals surface area (Å²) in [5, 5.41) is 11.6. The second-order valence-electron chi connectivity index (χ2n) is 3.68. The number of hydrogen-bond acceptors (Lipinski definition) is 5. The van der Waals surface area contributed by atoms with Crippen LogP contribution in [0.2, 0.25) is 0 Å². The summed E-state index contributed by atoms with van der Waals surface area (Å²) in [5.41, 5.74) is 7.27. The predicted molar refractivity (Wildman–Crippen MR) is 64.1 cm³/mol. The molecule has 2 aromatic rings. The lowest BCUT2D eigenvalue weighted by atomic mass is 10.2. The van der Waals surface area contributed by atoms with Gasteiger partial charge in [0.25, 0.3) is 0 Å². The van der Waals surface area contributed by atoms with Crippen molar-refractivity contribution in [1.29, 1.82) is 0 Å². The highest BCUT2D eigenvalue weighted by Crippen LogP contribution is 2.23. The quantitative estimate of drug-likeness (QED) is 0.803. The summed E-state index contributed by atoms with van der Waals surface area (Å²) in [5.74, 6) is 1.48. The Labute approximate surface area is 99.4 Å². The molecule has 0 aliphatic heterocycles. The monoisotopic (exact) mass is 233 g/mol. The minimum absolute atomic E-state index is 0.572. The van der Waals surface area contributed by atoms with Gasteiger partial charge in [0.05, 0.1) is 18.5 Å². The lowest BCUT2D eigenvalue weighted by Gasteiger charge is -2.07. The number of nitrogens with zero attached hydrogens (tertiary/aromatic N) is 4. The Morgan fingerprint density at radius 2 is 2.24 bits per heavy atom. The van der Waals surface area contributed by atoms with Gasteiger partial charge in [-0.15, -0.1) is 5.10 Å². The Kier molecular flexibility index (Phi) is 3.22. The van der Waals surface area contributed by atoms with Crippen LogP contribution in [0, 0.1) is 0 Å². The van der Waals surface area contributed by atoms with E-state index < -0.39 is 0 Å². The van der Waals surface area contributed by atoms with E-state index in [1.165, 1.54) is 0 Å². The van der Waals surface area contributed by atoms with Crippen molar-refractivity contribution in [2.75, 3.05) is 12.8 Å². The maximum Gasteiger partial charge on any atom is 0.156 e. The van der Waals surface area contributed by atoms with Crippen LogP contribution in [-0.4, -0.2) is 27.3 Å². The molecule has 0 aliphatic carbocycles. The van der Waals surface area contributed by atoms with Gasteiger partial charge < -0.3 is 10.5 Å². The Morgan fingerprint density at radius 1 is 1.41 bits per heavy atom. The molecule has 0 fully saturated rings. The van der Waals surface area contributed by atoms with Gasteiger partial charge >= 0.3 is 0 Å². The van der Waals surface area contributed by atoms with Crippen LogP contribution in [0.25, 0.3) is 5.69 Å². The Morgan fingerprint density at radius 3 is 2.88 bits per heavy atom. The van der Waals surface area contributed by atoms with Gasteiger partial charge in [-0.1, -0.05) is 6.92 Å². The zero-order valence-corrected chi connectivity index (χ0v) is 9.92. The molecule has 0 amide bonds. The summed E-state index contributed by atoms with van der Waals surface area (Å²) >= 11 is 0. The summed E-state index contributed by atoms with van der Waals surface area (Å²) in [6.45, 7) is 2.08. The first-order valence-electron chi connectivity index (χ1n) is 5.47. The molecule has 2 N–H and O–H groups in total. The van der Waals surface area contributed by atoms with Gasteiger partial charge in [0.1, 0.15) is 5.75 Å². The van der Waals surface area contributed by atoms with Crippen LogP contribution in [0.15, 0.2) is 18.2 Å². The highest BCUT2D eigenvalue weighted by molar-refractivity contribution is 5.58. The van der Waals surface area contributed by atoms with E-state index in [9.17, 15) is 0 Å². The van der Waals surface area contributed by atoms with E-state index in [2.05, 4.69) is 22.4 Å². The third-order valence-electron chi connectivity index (χ3n) is 2.47. The summed E-state index contributed by atoms with van der Waals surface area (Å²) in [6, 6.07) is 5.49. The third-order valence-corrected chi connectivity index (χ3v) is 2.47. The molecule has 0 spiro atoms. The van der Waals surface area contributed by atoms with Crippen molar-refractivity contribution in [1.82, 2.24) is 20.2 Å². The van der Waals surface area contributed by atoms with Crippen LogP contribution in [-0.2, 0) is 6.42 Å². The van der Waals surface area contributed by atoms with Gasteiger partial charge in [0, 0.05) is 6.42 Å². The first kappa shape index (κ1) is 11.4. The molecule has 1 aromatic heterocycles. The standard InChI is InChI=1S/C11H15N5O/c1-3-4-11-13-14-15-16(11)8-5-6-10(17-2)9(12)7-8/h5-7H,3-4,12H2,1-2H3. The molecule has 0 bridgehead atoms. The van der Waals surface area contributed by atoms with Crippen molar-refractivity contribution in [3.8, 4) is 11.4 Å². The van der Waals surface area contributed by atoms with Crippen LogP contribution in [0.5, 0.6) is 5.75 Å². The van der Waals surface area contributed by atoms with Crippen molar-refractivity contribution >= 4 is 5.69 Å². The molecule has 1 heterocycles. The number of tetrazole rings is 1. The third kappa shape index (κ3) is 2.20. The van der Waals surface area contributed by atoms with Gasteiger partial charge in [-0.05, 0) is 35.0 Å². The number of nitrogen functional groups attached to an aromatic ring is 1. The number of anilines is 1. The van der Waals surface area contributed by atoms with E-state index in [1.807, 2.05) is 12.1 Å². The molecule has 90 valence electrons. The second kappa shape index (κ2) is 4.82. The summed E-state index contributed by atoms with van der Waals surface area (Å²) < 4.78 is 6.80. The van der Waals surface area contributed by atoms with Crippen LogP contribution in [0.4, 0.5) is 5.69 Å². The normalized spacial score (nSPS) is 10.5. The first-order chi connectivity index (χ1) is 8.26. The van der Waals surface area contributed by atoms with Crippen molar-refractivity contribution in [3.63, 3.8) is 0 Å². The molecule has 6 heteroatoms. The first-order valence-corrected chi connectivity index (χ1v) is 5.47. The number of methoxy groups -OCH3 is 1. The fourth-order valence-electron chi connectivity index (χ4n) is 1.64. The fraction of sp³-hybridized carbons (Fsp3) is 0.364. The average Bonchev–Trinajstić information content (AvgIpc) is 2.78. The number of benzene rings is 1. The van der Waals surface area contributed by atoms with Crippen molar-refractivity contribution in [3.05, 3.63) is 24.0 Å². The fourth-order valence-corrected chi connectivity index (χ4v) is 1.64. The van der Waals surface area contributed by atoms with E-state index in [1.54, 1.807) is 17.9 Å². The molecule has 0 saturated carbocycles. The number of ether oxygens (including phenoxy) is 1. The molecule has 17 heavy (non-hydrogen) atoms. The zero-order chi connectivity index (χ0) is 12.3. The van der Waals surface area contributed by atoms with Crippen LogP contribution in [0.1, 0.15) is 19.2 Å². The Hall–Kier alpha value is -2.11. The molecule has 0 atom stereocenters. The Balaban J connectivity index is 2.39. The van der Waals surface area contributed by atoms with Crippen LogP contribution in [0.3, 0.4) is 0 Å². The number of nitrogens with two attached hydrogens (primary N) is 1. The predicted octanol–water partition coefficient (Wildman–Crippen LogP) is 1.21. The highest BCUT2D eigenvalue weighted by Gasteiger charge is 2.09. The number of rotatable bonds is 4. The largest absolute Gasteiger partial charge is 0.495 e. The molecule has 1 aromatic carbocycles. The summed E-state index contributed by atoms with van der Waals surface area (Å²) in [7, 11) is 1.59. The van der Waals surface area contributed by atoms with E-state index in [-0.39, 0.29) is 0 Å². The SMILES string of the molecule is CCCc1nnnn1-c1ccc(OC)c(N)c1. The number of aryl methyl sites for hydroxylation is 1. The van der Waals surface area contributed by atoms with E-state index in [4.69, 9.17) is 10.5 Å². The van der Waals surface area contributed by atoms with Gasteiger partial charge in [-0.25, -0.2) is 0 Å². The average molecular weight is 233 g/mol. The zero-order valence-electron chi connectivity index (χ0n) is 9.92. The Bertz CT molecular complexity index is 508. The van der Waals surface area contributed by atoms with Crippen molar-refractivity contribution in [2.24, 2.45) is 0 Å². The van der Waals surface area contributed by atoms with E-state index in [0.29, 0.717) is 11.4 Å². The topological polar surface area (TPSA) is 78.8 Å². The lowest BCUT2D eigenvalue weighted by Crippen LogP contribution is -2.04. The highest BCUT2D eigenvalue weighted by atomic mass is 16.5. The molecular formula is C11H15N5O. The smallest absolute Gasteiger partial charge is 0.156 e. The van der Waals surface area contributed by atoms with Crippen LogP contribution >= 0.6 is 0 Å². The van der Waals surface area contributed by atoms with Gasteiger partial charge in [0.15, 0.2) is 5.82 Å². The van der Waals surface area contributed by atoms with E-state index in [0.717, 1.165) is 24.4 Å². The maximum atomic E-state index is 5.86. The van der Waals surface area contributed by atoms with Crippen molar-refractivity contribution in [2.45, 2.75) is 19.8 Å². The molecule has 0 saturated heterocycles. The molecule has 2 rings (SSSR count).